The Balaban J connectivity index is 3.02. The second-order valence-electron chi connectivity index (χ2n) is 5.93. The standard InChI is InChI=1S/C20H38/c1-3-5-7-9-11-13-15-17-19-20-18-16-14-12-10-8-6-4-2/h7-10H,3-6,11-20H2,1-2H3. The molecule has 0 saturated carbocycles. The molecule has 20 heavy (non-hydrogen) atoms. The summed E-state index contributed by atoms with van der Waals surface area (Å²) in [5.74, 6) is 0. The molecule has 0 radical (unpaired) electrons. The number of hydrogen-bond acceptors (Lipinski definition) is 0. The monoisotopic (exact) mass is 278 g/mol. The minimum atomic E-state index is 1.26. The Morgan fingerprint density at radius 1 is 0.400 bits per heavy atom. The Kier molecular flexibility index (Phi) is 18.0. The fraction of sp³-hybridized carbons (Fsp3) is 0.800. The first-order valence-electron chi connectivity index (χ1n) is 9.21. The average Bonchev–Trinajstić information content (AvgIpc) is 2.47. The Morgan fingerprint density at radius 2 is 0.700 bits per heavy atom. The fourth-order valence-electron chi connectivity index (χ4n) is 2.39. The summed E-state index contributed by atoms with van der Waals surface area (Å²) in [6.07, 6.45) is 28.5. The van der Waals surface area contributed by atoms with Crippen molar-refractivity contribution in [2.75, 3.05) is 0 Å². The summed E-state index contributed by atoms with van der Waals surface area (Å²) in [4.78, 5) is 0. The van der Waals surface area contributed by atoms with E-state index < -0.39 is 0 Å². The predicted molar refractivity (Wildman–Crippen MR) is 94.3 cm³/mol. The second kappa shape index (κ2) is 18.5. The lowest BCUT2D eigenvalue weighted by molar-refractivity contribution is 0.571. The van der Waals surface area contributed by atoms with E-state index in [0.717, 1.165) is 0 Å². The molecule has 118 valence electrons. The molecule has 0 nitrogen and oxygen atoms in total. The van der Waals surface area contributed by atoms with Gasteiger partial charge in [-0.15, -0.1) is 0 Å². The van der Waals surface area contributed by atoms with E-state index in [9.17, 15) is 0 Å². The molecule has 0 amide bonds. The number of rotatable bonds is 15. The Labute approximate surface area is 128 Å². The largest absolute Gasteiger partial charge is 0.0885 e. The summed E-state index contributed by atoms with van der Waals surface area (Å²) >= 11 is 0. The van der Waals surface area contributed by atoms with E-state index in [1.165, 1.54) is 89.9 Å². The zero-order valence-corrected chi connectivity index (χ0v) is 14.2. The third kappa shape index (κ3) is 17.5. The van der Waals surface area contributed by atoms with Crippen LogP contribution in [0.4, 0.5) is 0 Å². The second-order valence-corrected chi connectivity index (χ2v) is 5.93. The quantitative estimate of drug-likeness (QED) is 0.214. The van der Waals surface area contributed by atoms with Crippen molar-refractivity contribution in [3.05, 3.63) is 24.3 Å². The van der Waals surface area contributed by atoms with Crippen molar-refractivity contribution < 1.29 is 0 Å². The molecular formula is C20H38. The number of hydrogen-bond donors (Lipinski definition) is 0. The van der Waals surface area contributed by atoms with Gasteiger partial charge in [-0.25, -0.2) is 0 Å². The maximum absolute atomic E-state index is 2.37. The van der Waals surface area contributed by atoms with Crippen LogP contribution in [0.2, 0.25) is 0 Å². The number of allylic oxidation sites excluding steroid dienone is 4. The van der Waals surface area contributed by atoms with Gasteiger partial charge in [0.25, 0.3) is 0 Å². The van der Waals surface area contributed by atoms with Gasteiger partial charge in [-0.3, -0.25) is 0 Å². The van der Waals surface area contributed by atoms with Crippen molar-refractivity contribution in [2.24, 2.45) is 0 Å². The van der Waals surface area contributed by atoms with Gasteiger partial charge in [0.05, 0.1) is 0 Å². The summed E-state index contributed by atoms with van der Waals surface area (Å²) in [5, 5.41) is 0. The van der Waals surface area contributed by atoms with Crippen LogP contribution in [0.15, 0.2) is 24.3 Å². The summed E-state index contributed by atoms with van der Waals surface area (Å²) in [6, 6.07) is 0. The lowest BCUT2D eigenvalue weighted by Gasteiger charge is -2.00. The zero-order valence-electron chi connectivity index (χ0n) is 14.2. The van der Waals surface area contributed by atoms with Crippen LogP contribution in [0.25, 0.3) is 0 Å². The van der Waals surface area contributed by atoms with Crippen molar-refractivity contribution in [1.82, 2.24) is 0 Å². The maximum atomic E-state index is 2.37. The maximum Gasteiger partial charge on any atom is -0.0351 e. The minimum absolute atomic E-state index is 1.26. The van der Waals surface area contributed by atoms with Crippen LogP contribution in [0, 0.1) is 0 Å². The van der Waals surface area contributed by atoms with E-state index in [1.807, 2.05) is 0 Å². The Bertz CT molecular complexity index is 188. The fourth-order valence-corrected chi connectivity index (χ4v) is 2.39. The third-order valence-corrected chi connectivity index (χ3v) is 3.74. The molecule has 0 heterocycles. The van der Waals surface area contributed by atoms with Crippen LogP contribution in [0.1, 0.15) is 104 Å². The highest BCUT2D eigenvalue weighted by Gasteiger charge is 1.91. The minimum Gasteiger partial charge on any atom is -0.0885 e. The van der Waals surface area contributed by atoms with E-state index in [0.29, 0.717) is 0 Å². The topological polar surface area (TPSA) is 0 Å². The van der Waals surface area contributed by atoms with Crippen LogP contribution in [-0.2, 0) is 0 Å². The van der Waals surface area contributed by atoms with Gasteiger partial charge in [0.15, 0.2) is 0 Å². The summed E-state index contributed by atoms with van der Waals surface area (Å²) in [6.45, 7) is 4.48. The molecule has 0 heteroatoms. The molecule has 0 spiro atoms. The molecule has 0 aromatic carbocycles. The molecule has 0 fully saturated rings. The summed E-state index contributed by atoms with van der Waals surface area (Å²) < 4.78 is 0. The van der Waals surface area contributed by atoms with Gasteiger partial charge in [0.2, 0.25) is 0 Å². The molecular weight excluding hydrogens is 240 g/mol. The highest BCUT2D eigenvalue weighted by molar-refractivity contribution is 4.81. The molecule has 0 bridgehead atoms. The van der Waals surface area contributed by atoms with E-state index in [4.69, 9.17) is 0 Å². The van der Waals surface area contributed by atoms with Crippen LogP contribution >= 0.6 is 0 Å². The first-order chi connectivity index (χ1) is 9.91. The van der Waals surface area contributed by atoms with Gasteiger partial charge < -0.3 is 0 Å². The van der Waals surface area contributed by atoms with Crippen molar-refractivity contribution in [2.45, 2.75) is 104 Å². The molecule has 0 aliphatic heterocycles. The first kappa shape index (κ1) is 19.5. The SMILES string of the molecule is CCCC=CCCCCCCCCCCC=CCCC. The van der Waals surface area contributed by atoms with Gasteiger partial charge in [-0.1, -0.05) is 89.5 Å². The normalized spacial score (nSPS) is 11.9. The van der Waals surface area contributed by atoms with Crippen molar-refractivity contribution in [1.29, 1.82) is 0 Å². The van der Waals surface area contributed by atoms with Gasteiger partial charge in [-0.05, 0) is 38.5 Å². The van der Waals surface area contributed by atoms with Crippen LogP contribution in [0.3, 0.4) is 0 Å². The molecule has 0 rings (SSSR count). The smallest absolute Gasteiger partial charge is 0.0351 e. The van der Waals surface area contributed by atoms with Gasteiger partial charge in [0, 0.05) is 0 Å². The molecule has 0 N–H and O–H groups in total. The predicted octanol–water partition coefficient (Wildman–Crippen LogP) is 7.60. The molecule has 0 saturated heterocycles. The van der Waals surface area contributed by atoms with E-state index in [2.05, 4.69) is 38.2 Å². The molecule has 0 aromatic rings. The lowest BCUT2D eigenvalue weighted by atomic mass is 10.1. The summed E-state index contributed by atoms with van der Waals surface area (Å²) in [7, 11) is 0. The Hall–Kier alpha value is -0.520. The van der Waals surface area contributed by atoms with E-state index >= 15 is 0 Å². The summed E-state index contributed by atoms with van der Waals surface area (Å²) in [5.41, 5.74) is 0. The van der Waals surface area contributed by atoms with E-state index in [1.54, 1.807) is 0 Å². The van der Waals surface area contributed by atoms with Crippen LogP contribution < -0.4 is 0 Å². The van der Waals surface area contributed by atoms with Gasteiger partial charge >= 0.3 is 0 Å². The lowest BCUT2D eigenvalue weighted by Crippen LogP contribution is -1.81. The third-order valence-electron chi connectivity index (χ3n) is 3.74. The van der Waals surface area contributed by atoms with E-state index in [-0.39, 0.29) is 0 Å². The molecule has 0 aliphatic carbocycles. The highest BCUT2D eigenvalue weighted by atomic mass is 14.0. The van der Waals surface area contributed by atoms with Gasteiger partial charge in [0.1, 0.15) is 0 Å². The Morgan fingerprint density at radius 3 is 1.05 bits per heavy atom. The van der Waals surface area contributed by atoms with Crippen LogP contribution in [-0.4, -0.2) is 0 Å². The highest BCUT2D eigenvalue weighted by Crippen LogP contribution is 2.11. The van der Waals surface area contributed by atoms with Gasteiger partial charge in [-0.2, -0.15) is 0 Å². The zero-order chi connectivity index (χ0) is 14.7. The molecule has 0 aromatic heterocycles. The number of unbranched alkanes of at least 4 members (excludes halogenated alkanes) is 11. The first-order valence-corrected chi connectivity index (χ1v) is 9.21. The van der Waals surface area contributed by atoms with Crippen LogP contribution in [0.5, 0.6) is 0 Å². The van der Waals surface area contributed by atoms with Crippen molar-refractivity contribution in [3.8, 4) is 0 Å². The molecule has 0 unspecified atom stereocenters. The molecule has 0 atom stereocenters. The van der Waals surface area contributed by atoms with Crippen molar-refractivity contribution >= 4 is 0 Å². The van der Waals surface area contributed by atoms with Crippen molar-refractivity contribution in [3.63, 3.8) is 0 Å². The average molecular weight is 279 g/mol. The molecule has 0 aliphatic rings.